The summed E-state index contributed by atoms with van der Waals surface area (Å²) in [6.45, 7) is 4.97. The van der Waals surface area contributed by atoms with Gasteiger partial charge in [-0.3, -0.25) is 4.79 Å². The first-order chi connectivity index (χ1) is 13.1. The van der Waals surface area contributed by atoms with Crippen LogP contribution in [0.25, 0.3) is 0 Å². The number of amides is 1. The summed E-state index contributed by atoms with van der Waals surface area (Å²) in [4.78, 5) is 23.6. The smallest absolute Gasteiger partial charge is 0.277 e. The summed E-state index contributed by atoms with van der Waals surface area (Å²) in [7, 11) is 0. The molecule has 2 aromatic carbocycles. The van der Waals surface area contributed by atoms with Crippen LogP contribution in [0, 0.1) is 0 Å². The summed E-state index contributed by atoms with van der Waals surface area (Å²) in [6, 6.07) is 17.8. The third-order valence-electron chi connectivity index (χ3n) is 4.84. The highest BCUT2D eigenvalue weighted by atomic mass is 16.2. The molecule has 27 heavy (non-hydrogen) atoms. The van der Waals surface area contributed by atoms with Gasteiger partial charge in [-0.05, 0) is 41.7 Å². The van der Waals surface area contributed by atoms with E-state index < -0.39 is 0 Å². The van der Waals surface area contributed by atoms with Crippen molar-refractivity contribution in [2.45, 2.75) is 26.2 Å². The van der Waals surface area contributed by atoms with Crippen LogP contribution in [0.15, 0.2) is 60.8 Å². The van der Waals surface area contributed by atoms with Crippen molar-refractivity contribution in [2.75, 3.05) is 16.8 Å². The Bertz CT molecular complexity index is 983. The first kappa shape index (κ1) is 17.2. The highest BCUT2D eigenvalue weighted by Crippen LogP contribution is 2.29. The number of para-hydroxylation sites is 2. The SMILES string of the molecule is CC(C)c1ccccc1Nc1nccc(C(=O)N2CCc3ccccc32)n1. The lowest BCUT2D eigenvalue weighted by molar-refractivity contribution is 0.0984. The van der Waals surface area contributed by atoms with Gasteiger partial charge in [0.1, 0.15) is 5.69 Å². The minimum atomic E-state index is -0.0949. The number of rotatable bonds is 4. The Balaban J connectivity index is 1.60. The maximum atomic E-state index is 13.0. The molecule has 0 saturated heterocycles. The van der Waals surface area contributed by atoms with Crippen molar-refractivity contribution in [3.05, 3.63) is 77.6 Å². The highest BCUT2D eigenvalue weighted by molar-refractivity contribution is 6.06. The molecule has 1 aliphatic rings. The molecule has 136 valence electrons. The minimum absolute atomic E-state index is 0.0949. The number of benzene rings is 2. The average Bonchev–Trinajstić information content (AvgIpc) is 3.12. The van der Waals surface area contributed by atoms with Crippen LogP contribution in [0.3, 0.4) is 0 Å². The summed E-state index contributed by atoms with van der Waals surface area (Å²) >= 11 is 0. The number of carbonyl (C=O) groups is 1. The van der Waals surface area contributed by atoms with Crippen molar-refractivity contribution < 1.29 is 4.79 Å². The Kier molecular flexibility index (Phi) is 4.59. The first-order valence-corrected chi connectivity index (χ1v) is 9.22. The van der Waals surface area contributed by atoms with Crippen molar-refractivity contribution in [1.82, 2.24) is 9.97 Å². The van der Waals surface area contributed by atoms with Gasteiger partial charge in [-0.25, -0.2) is 9.97 Å². The fourth-order valence-corrected chi connectivity index (χ4v) is 3.46. The number of carbonyl (C=O) groups excluding carboxylic acids is 1. The van der Waals surface area contributed by atoms with E-state index >= 15 is 0 Å². The molecule has 0 aliphatic carbocycles. The molecule has 0 bridgehead atoms. The van der Waals surface area contributed by atoms with E-state index in [1.54, 1.807) is 17.2 Å². The van der Waals surface area contributed by atoms with E-state index in [0.717, 1.165) is 17.8 Å². The van der Waals surface area contributed by atoms with E-state index in [9.17, 15) is 4.79 Å². The Hall–Kier alpha value is -3.21. The summed E-state index contributed by atoms with van der Waals surface area (Å²) in [5, 5.41) is 3.27. The molecular formula is C22H22N4O. The summed E-state index contributed by atoms with van der Waals surface area (Å²) in [6.07, 6.45) is 2.50. The number of anilines is 3. The zero-order valence-corrected chi connectivity index (χ0v) is 15.5. The second-order valence-electron chi connectivity index (χ2n) is 6.97. The van der Waals surface area contributed by atoms with Gasteiger partial charge in [0, 0.05) is 24.1 Å². The molecule has 1 amide bonds. The fraction of sp³-hybridized carbons (Fsp3) is 0.227. The first-order valence-electron chi connectivity index (χ1n) is 9.22. The zero-order valence-electron chi connectivity index (χ0n) is 15.5. The molecule has 0 unspecified atom stereocenters. The highest BCUT2D eigenvalue weighted by Gasteiger charge is 2.26. The fourth-order valence-electron chi connectivity index (χ4n) is 3.46. The molecule has 2 heterocycles. The molecular weight excluding hydrogens is 336 g/mol. The summed E-state index contributed by atoms with van der Waals surface area (Å²) in [5.41, 5.74) is 4.71. The van der Waals surface area contributed by atoms with Gasteiger partial charge in [0.05, 0.1) is 0 Å². The largest absolute Gasteiger partial charge is 0.324 e. The van der Waals surface area contributed by atoms with Crippen LogP contribution in [0.1, 0.15) is 41.4 Å². The Labute approximate surface area is 159 Å². The van der Waals surface area contributed by atoms with E-state index in [1.165, 1.54) is 11.1 Å². The second kappa shape index (κ2) is 7.19. The van der Waals surface area contributed by atoms with Crippen molar-refractivity contribution >= 4 is 23.2 Å². The molecule has 0 saturated carbocycles. The molecule has 0 radical (unpaired) electrons. The molecule has 0 fully saturated rings. The molecule has 0 atom stereocenters. The van der Waals surface area contributed by atoms with Gasteiger partial charge in [-0.2, -0.15) is 0 Å². The van der Waals surface area contributed by atoms with E-state index in [4.69, 9.17) is 0 Å². The van der Waals surface area contributed by atoms with Crippen LogP contribution in [0.2, 0.25) is 0 Å². The Morgan fingerprint density at radius 2 is 1.85 bits per heavy atom. The van der Waals surface area contributed by atoms with Gasteiger partial charge in [-0.1, -0.05) is 50.2 Å². The van der Waals surface area contributed by atoms with Crippen LogP contribution in [-0.2, 0) is 6.42 Å². The average molecular weight is 358 g/mol. The molecule has 5 heteroatoms. The number of aromatic nitrogens is 2. The molecule has 1 aliphatic heterocycles. The number of hydrogen-bond acceptors (Lipinski definition) is 4. The molecule has 4 rings (SSSR count). The van der Waals surface area contributed by atoms with Crippen LogP contribution in [0.5, 0.6) is 0 Å². The molecule has 1 aromatic heterocycles. The predicted octanol–water partition coefficient (Wildman–Crippen LogP) is 4.55. The van der Waals surface area contributed by atoms with Crippen molar-refractivity contribution in [1.29, 1.82) is 0 Å². The van der Waals surface area contributed by atoms with E-state index in [2.05, 4.69) is 41.3 Å². The molecule has 5 nitrogen and oxygen atoms in total. The van der Waals surface area contributed by atoms with E-state index in [1.807, 2.05) is 36.4 Å². The second-order valence-corrected chi connectivity index (χ2v) is 6.97. The zero-order chi connectivity index (χ0) is 18.8. The maximum absolute atomic E-state index is 13.0. The minimum Gasteiger partial charge on any atom is -0.324 e. The summed E-state index contributed by atoms with van der Waals surface area (Å²) < 4.78 is 0. The molecule has 1 N–H and O–H groups in total. The summed E-state index contributed by atoms with van der Waals surface area (Å²) in [5.74, 6) is 0.712. The van der Waals surface area contributed by atoms with Gasteiger partial charge in [0.15, 0.2) is 0 Å². The van der Waals surface area contributed by atoms with E-state index in [-0.39, 0.29) is 5.91 Å². The van der Waals surface area contributed by atoms with Gasteiger partial charge >= 0.3 is 0 Å². The third kappa shape index (κ3) is 3.40. The van der Waals surface area contributed by atoms with Gasteiger partial charge in [0.25, 0.3) is 5.91 Å². The lowest BCUT2D eigenvalue weighted by Gasteiger charge is -2.17. The maximum Gasteiger partial charge on any atom is 0.277 e. The quantitative estimate of drug-likeness (QED) is 0.743. The van der Waals surface area contributed by atoms with Gasteiger partial charge in [-0.15, -0.1) is 0 Å². The normalized spacial score (nSPS) is 12.9. The standard InChI is InChI=1S/C22H22N4O/c1-15(2)17-8-4-5-9-18(17)24-22-23-13-11-19(25-22)21(27)26-14-12-16-7-3-6-10-20(16)26/h3-11,13,15H,12,14H2,1-2H3,(H,23,24,25). The predicted molar refractivity (Wildman–Crippen MR) is 108 cm³/mol. The van der Waals surface area contributed by atoms with Gasteiger partial charge < -0.3 is 10.2 Å². The van der Waals surface area contributed by atoms with Crippen molar-refractivity contribution in [3.8, 4) is 0 Å². The topological polar surface area (TPSA) is 58.1 Å². The molecule has 3 aromatic rings. The number of hydrogen-bond donors (Lipinski definition) is 1. The monoisotopic (exact) mass is 358 g/mol. The van der Waals surface area contributed by atoms with Crippen LogP contribution in [-0.4, -0.2) is 22.4 Å². The lowest BCUT2D eigenvalue weighted by Crippen LogP contribution is -2.29. The van der Waals surface area contributed by atoms with E-state index in [0.29, 0.717) is 24.1 Å². The van der Waals surface area contributed by atoms with Crippen molar-refractivity contribution in [3.63, 3.8) is 0 Å². The number of nitrogens with zero attached hydrogens (tertiary/aromatic N) is 3. The Morgan fingerprint density at radius 3 is 2.70 bits per heavy atom. The van der Waals surface area contributed by atoms with Crippen LogP contribution >= 0.6 is 0 Å². The van der Waals surface area contributed by atoms with Gasteiger partial charge in [0.2, 0.25) is 5.95 Å². The molecule has 0 spiro atoms. The van der Waals surface area contributed by atoms with Crippen LogP contribution < -0.4 is 10.2 Å². The number of nitrogens with one attached hydrogen (secondary N) is 1. The van der Waals surface area contributed by atoms with Crippen molar-refractivity contribution in [2.24, 2.45) is 0 Å². The van der Waals surface area contributed by atoms with Crippen LogP contribution in [0.4, 0.5) is 17.3 Å². The third-order valence-corrected chi connectivity index (χ3v) is 4.84. The lowest BCUT2D eigenvalue weighted by atomic mass is 10.0. The Morgan fingerprint density at radius 1 is 1.07 bits per heavy atom. The number of fused-ring (bicyclic) bond motifs is 1.